The molecule has 0 aliphatic rings. The zero-order valence-corrected chi connectivity index (χ0v) is 7.91. The summed E-state index contributed by atoms with van der Waals surface area (Å²) in [5, 5.41) is 8.16. The fourth-order valence-corrected chi connectivity index (χ4v) is 1.23. The second-order valence-electron chi connectivity index (χ2n) is 2.57. The summed E-state index contributed by atoms with van der Waals surface area (Å²) in [5.41, 5.74) is 0. The van der Waals surface area contributed by atoms with Crippen molar-refractivity contribution in [2.45, 2.75) is 33.7 Å². The molecule has 0 bridgehead atoms. The third-order valence-electron chi connectivity index (χ3n) is 1.80. The van der Waals surface area contributed by atoms with E-state index in [-0.39, 0.29) is 0 Å². The molecule has 0 fully saturated rings. The van der Waals surface area contributed by atoms with Crippen LogP contribution >= 0.6 is 0 Å². The van der Waals surface area contributed by atoms with Gasteiger partial charge in [0.2, 0.25) is 0 Å². The Kier molecular flexibility index (Phi) is 3.02. The minimum atomic E-state index is 0.940. The van der Waals surface area contributed by atoms with Crippen molar-refractivity contribution in [1.29, 1.82) is 0 Å². The van der Waals surface area contributed by atoms with Gasteiger partial charge in [-0.15, -0.1) is 10.2 Å². The Hall–Kier alpha value is -1.12. The Morgan fingerprint density at radius 1 is 1.33 bits per heavy atom. The summed E-state index contributed by atoms with van der Waals surface area (Å²) in [6, 6.07) is 0. The monoisotopic (exact) mass is 165 g/mol. The largest absolute Gasteiger partial charge is 0.312 e. The highest BCUT2D eigenvalue weighted by atomic mass is 15.3. The SMILES string of the molecule is C/C=C/c1nnc(CC)n1CC. The quantitative estimate of drug-likeness (QED) is 0.684. The molecule has 1 rings (SSSR count). The normalized spacial score (nSPS) is 11.2. The van der Waals surface area contributed by atoms with Gasteiger partial charge >= 0.3 is 0 Å². The second kappa shape index (κ2) is 4.04. The highest BCUT2D eigenvalue weighted by Crippen LogP contribution is 2.04. The van der Waals surface area contributed by atoms with Gasteiger partial charge in [0.05, 0.1) is 0 Å². The molecule has 0 aliphatic carbocycles. The minimum Gasteiger partial charge on any atom is -0.312 e. The van der Waals surface area contributed by atoms with Crippen molar-refractivity contribution >= 4 is 6.08 Å². The highest BCUT2D eigenvalue weighted by Gasteiger charge is 2.04. The summed E-state index contributed by atoms with van der Waals surface area (Å²) in [6.45, 7) is 7.13. The Labute approximate surface area is 73.1 Å². The predicted octanol–water partition coefficient (Wildman–Crippen LogP) is 1.89. The molecule has 0 amide bonds. The zero-order chi connectivity index (χ0) is 8.97. The molecule has 0 aromatic carbocycles. The third kappa shape index (κ3) is 1.55. The van der Waals surface area contributed by atoms with Gasteiger partial charge in [-0.2, -0.15) is 0 Å². The van der Waals surface area contributed by atoms with Crippen molar-refractivity contribution in [3.05, 3.63) is 17.7 Å². The number of aryl methyl sites for hydroxylation is 1. The van der Waals surface area contributed by atoms with Crippen LogP contribution in [0.15, 0.2) is 6.08 Å². The van der Waals surface area contributed by atoms with Crippen molar-refractivity contribution in [2.75, 3.05) is 0 Å². The van der Waals surface area contributed by atoms with Gasteiger partial charge in [0.1, 0.15) is 5.82 Å². The molecule has 0 spiro atoms. The maximum absolute atomic E-state index is 4.09. The molecule has 3 nitrogen and oxygen atoms in total. The van der Waals surface area contributed by atoms with E-state index in [0.29, 0.717) is 0 Å². The van der Waals surface area contributed by atoms with Crippen LogP contribution in [0, 0.1) is 0 Å². The summed E-state index contributed by atoms with van der Waals surface area (Å²) in [4.78, 5) is 0. The van der Waals surface area contributed by atoms with Gasteiger partial charge in [0, 0.05) is 13.0 Å². The lowest BCUT2D eigenvalue weighted by molar-refractivity contribution is 0.699. The van der Waals surface area contributed by atoms with Crippen molar-refractivity contribution in [3.63, 3.8) is 0 Å². The van der Waals surface area contributed by atoms with Gasteiger partial charge in [0.25, 0.3) is 0 Å². The van der Waals surface area contributed by atoms with E-state index in [1.807, 2.05) is 19.1 Å². The fourth-order valence-electron chi connectivity index (χ4n) is 1.23. The van der Waals surface area contributed by atoms with Gasteiger partial charge in [-0.3, -0.25) is 0 Å². The lowest BCUT2D eigenvalue weighted by Crippen LogP contribution is -2.02. The summed E-state index contributed by atoms with van der Waals surface area (Å²) in [6.07, 6.45) is 4.91. The number of hydrogen-bond acceptors (Lipinski definition) is 2. The number of hydrogen-bond donors (Lipinski definition) is 0. The molecular formula is C9H15N3. The molecule has 0 radical (unpaired) electrons. The molecule has 3 heteroatoms. The van der Waals surface area contributed by atoms with E-state index in [9.17, 15) is 0 Å². The molecule has 12 heavy (non-hydrogen) atoms. The van der Waals surface area contributed by atoms with E-state index in [1.54, 1.807) is 0 Å². The van der Waals surface area contributed by atoms with Crippen LogP contribution < -0.4 is 0 Å². The molecule has 1 heterocycles. The van der Waals surface area contributed by atoms with Crippen molar-refractivity contribution < 1.29 is 0 Å². The standard InChI is InChI=1S/C9H15N3/c1-4-7-9-11-10-8(5-2)12(9)6-3/h4,7H,5-6H2,1-3H3/b7-4+. The maximum atomic E-state index is 4.09. The lowest BCUT2D eigenvalue weighted by Gasteiger charge is -2.01. The molecule has 1 aromatic rings. The number of allylic oxidation sites excluding steroid dienone is 1. The molecule has 0 aliphatic heterocycles. The lowest BCUT2D eigenvalue weighted by atomic mass is 10.4. The van der Waals surface area contributed by atoms with E-state index in [2.05, 4.69) is 28.6 Å². The van der Waals surface area contributed by atoms with Gasteiger partial charge in [0.15, 0.2) is 5.82 Å². The Morgan fingerprint density at radius 3 is 2.58 bits per heavy atom. The van der Waals surface area contributed by atoms with E-state index >= 15 is 0 Å². The van der Waals surface area contributed by atoms with Gasteiger partial charge in [-0.25, -0.2) is 0 Å². The van der Waals surface area contributed by atoms with E-state index in [0.717, 1.165) is 24.6 Å². The summed E-state index contributed by atoms with van der Waals surface area (Å²) in [7, 11) is 0. The van der Waals surface area contributed by atoms with Crippen molar-refractivity contribution in [1.82, 2.24) is 14.8 Å². The molecule has 0 saturated heterocycles. The fraction of sp³-hybridized carbons (Fsp3) is 0.556. The topological polar surface area (TPSA) is 30.7 Å². The van der Waals surface area contributed by atoms with Crippen LogP contribution in [-0.4, -0.2) is 14.8 Å². The minimum absolute atomic E-state index is 0.940. The second-order valence-corrected chi connectivity index (χ2v) is 2.57. The van der Waals surface area contributed by atoms with E-state index in [4.69, 9.17) is 0 Å². The van der Waals surface area contributed by atoms with E-state index < -0.39 is 0 Å². The molecule has 0 N–H and O–H groups in total. The van der Waals surface area contributed by atoms with Crippen LogP contribution in [0.25, 0.3) is 6.08 Å². The summed E-state index contributed by atoms with van der Waals surface area (Å²) < 4.78 is 2.12. The van der Waals surface area contributed by atoms with Crippen LogP contribution in [-0.2, 0) is 13.0 Å². The molecular weight excluding hydrogens is 150 g/mol. The predicted molar refractivity (Wildman–Crippen MR) is 49.8 cm³/mol. The Morgan fingerprint density at radius 2 is 2.08 bits per heavy atom. The number of rotatable bonds is 3. The van der Waals surface area contributed by atoms with Crippen LogP contribution in [0.3, 0.4) is 0 Å². The smallest absolute Gasteiger partial charge is 0.156 e. The van der Waals surface area contributed by atoms with Gasteiger partial charge in [-0.1, -0.05) is 13.0 Å². The molecule has 0 atom stereocenters. The first-order valence-electron chi connectivity index (χ1n) is 4.38. The van der Waals surface area contributed by atoms with Crippen LogP contribution in [0.5, 0.6) is 0 Å². The first-order chi connectivity index (χ1) is 5.83. The molecule has 0 saturated carbocycles. The Bertz CT molecular complexity index is 273. The van der Waals surface area contributed by atoms with Crippen LogP contribution in [0.2, 0.25) is 0 Å². The number of nitrogens with zero attached hydrogens (tertiary/aromatic N) is 3. The molecule has 1 aromatic heterocycles. The van der Waals surface area contributed by atoms with Crippen LogP contribution in [0.4, 0.5) is 0 Å². The third-order valence-corrected chi connectivity index (χ3v) is 1.80. The average Bonchev–Trinajstić information content (AvgIpc) is 2.47. The highest BCUT2D eigenvalue weighted by molar-refractivity contribution is 5.39. The van der Waals surface area contributed by atoms with E-state index in [1.165, 1.54) is 0 Å². The first kappa shape index (κ1) is 8.97. The van der Waals surface area contributed by atoms with Crippen molar-refractivity contribution in [3.8, 4) is 0 Å². The summed E-state index contributed by atoms with van der Waals surface area (Å²) in [5.74, 6) is 2.02. The Balaban J connectivity index is 3.04. The van der Waals surface area contributed by atoms with Crippen molar-refractivity contribution in [2.24, 2.45) is 0 Å². The maximum Gasteiger partial charge on any atom is 0.156 e. The number of aromatic nitrogens is 3. The molecule has 0 unspecified atom stereocenters. The zero-order valence-electron chi connectivity index (χ0n) is 7.91. The summed E-state index contributed by atoms with van der Waals surface area (Å²) >= 11 is 0. The first-order valence-corrected chi connectivity index (χ1v) is 4.38. The van der Waals surface area contributed by atoms with Crippen LogP contribution in [0.1, 0.15) is 32.4 Å². The molecule has 66 valence electrons. The average molecular weight is 165 g/mol. The van der Waals surface area contributed by atoms with Gasteiger partial charge < -0.3 is 4.57 Å². The van der Waals surface area contributed by atoms with Gasteiger partial charge in [-0.05, 0) is 19.9 Å².